The summed E-state index contributed by atoms with van der Waals surface area (Å²) >= 11 is 0. The molecule has 8 heteroatoms. The molecule has 0 aliphatic heterocycles. The number of phenolic OH excluding ortho intramolecular Hbond substituents is 1. The van der Waals surface area contributed by atoms with Crippen molar-refractivity contribution in [2.24, 2.45) is 0 Å². The first-order valence-corrected chi connectivity index (χ1v) is 9.24. The van der Waals surface area contributed by atoms with Crippen LogP contribution in [0.15, 0.2) is 65.6 Å². The molecule has 0 unspecified atom stereocenters. The minimum Gasteiger partial charge on any atom is -0.508 e. The van der Waals surface area contributed by atoms with Crippen LogP contribution in [0.5, 0.6) is 17.2 Å². The molecule has 8 nitrogen and oxygen atoms in total. The Morgan fingerprint density at radius 3 is 2.57 bits per heavy atom. The third-order valence-electron chi connectivity index (χ3n) is 4.86. The van der Waals surface area contributed by atoms with E-state index in [-0.39, 0.29) is 17.1 Å². The molecule has 0 spiro atoms. The second-order valence-corrected chi connectivity index (χ2v) is 6.94. The van der Waals surface area contributed by atoms with Crippen LogP contribution in [-0.4, -0.2) is 24.9 Å². The molecule has 0 bridgehead atoms. The van der Waals surface area contributed by atoms with Crippen molar-refractivity contribution in [3.63, 3.8) is 0 Å². The maximum absolute atomic E-state index is 12.6. The fraction of sp³-hybridized carbons (Fsp3) is 0.0455. The lowest BCUT2D eigenvalue weighted by atomic mass is 10.1. The van der Waals surface area contributed by atoms with E-state index >= 15 is 0 Å². The SMILES string of the molecule is Cc1ccc(Oc2ccc(-n3nc4c(c3N)c(=O)[nH]c3cc(O)ccc34)cc2)cn1. The van der Waals surface area contributed by atoms with Gasteiger partial charge in [-0.15, -0.1) is 0 Å². The highest BCUT2D eigenvalue weighted by molar-refractivity contribution is 6.07. The Bertz CT molecular complexity index is 1450. The Morgan fingerprint density at radius 1 is 1.07 bits per heavy atom. The van der Waals surface area contributed by atoms with E-state index < -0.39 is 0 Å². The maximum Gasteiger partial charge on any atom is 0.261 e. The lowest BCUT2D eigenvalue weighted by Crippen LogP contribution is -2.08. The molecule has 30 heavy (non-hydrogen) atoms. The van der Waals surface area contributed by atoms with E-state index in [0.717, 1.165) is 5.69 Å². The van der Waals surface area contributed by atoms with Crippen LogP contribution >= 0.6 is 0 Å². The van der Waals surface area contributed by atoms with Crippen LogP contribution in [-0.2, 0) is 0 Å². The molecule has 3 heterocycles. The van der Waals surface area contributed by atoms with Crippen LogP contribution in [0.3, 0.4) is 0 Å². The van der Waals surface area contributed by atoms with E-state index in [9.17, 15) is 9.90 Å². The van der Waals surface area contributed by atoms with Gasteiger partial charge in [-0.1, -0.05) is 0 Å². The van der Waals surface area contributed by atoms with E-state index in [1.807, 2.05) is 19.1 Å². The number of phenols is 1. The number of pyridine rings is 2. The summed E-state index contributed by atoms with van der Waals surface area (Å²) in [5.41, 5.74) is 8.46. The molecule has 148 valence electrons. The molecule has 0 amide bonds. The second-order valence-electron chi connectivity index (χ2n) is 6.94. The van der Waals surface area contributed by atoms with Crippen molar-refractivity contribution in [3.05, 3.63) is 76.8 Å². The molecule has 0 atom stereocenters. The Kier molecular flexibility index (Phi) is 3.92. The number of hydrogen-bond donors (Lipinski definition) is 3. The van der Waals surface area contributed by atoms with Gasteiger partial charge in [-0.25, -0.2) is 4.68 Å². The number of nitrogens with one attached hydrogen (secondary N) is 1. The first-order valence-electron chi connectivity index (χ1n) is 9.24. The monoisotopic (exact) mass is 399 g/mol. The zero-order valence-electron chi connectivity index (χ0n) is 16.0. The molecule has 0 fully saturated rings. The van der Waals surface area contributed by atoms with Crippen molar-refractivity contribution in [1.82, 2.24) is 19.7 Å². The number of H-pyrrole nitrogens is 1. The van der Waals surface area contributed by atoms with E-state index in [1.54, 1.807) is 42.6 Å². The quantitative estimate of drug-likeness (QED) is 0.426. The molecule has 0 aliphatic carbocycles. The first kappa shape index (κ1) is 17.7. The average Bonchev–Trinajstić information content (AvgIpc) is 3.08. The molecule has 0 saturated carbocycles. The molecule has 0 saturated heterocycles. The van der Waals surface area contributed by atoms with Crippen LogP contribution in [0.4, 0.5) is 5.82 Å². The van der Waals surface area contributed by atoms with E-state index in [4.69, 9.17) is 10.5 Å². The third-order valence-corrected chi connectivity index (χ3v) is 4.86. The van der Waals surface area contributed by atoms with Crippen molar-refractivity contribution in [2.45, 2.75) is 6.92 Å². The standard InChI is InChI=1S/C22H17N5O3/c1-12-2-6-16(11-24-12)30-15-7-3-13(4-8-15)27-21(23)19-20(26-27)17-9-5-14(28)10-18(17)25-22(19)29/h2-11,28H,23H2,1H3,(H,25,29). The van der Waals surface area contributed by atoms with Crippen molar-refractivity contribution in [1.29, 1.82) is 0 Å². The molecular formula is C22H17N5O3. The van der Waals surface area contributed by atoms with Crippen molar-refractivity contribution >= 4 is 27.6 Å². The van der Waals surface area contributed by atoms with E-state index in [1.165, 1.54) is 10.7 Å². The summed E-state index contributed by atoms with van der Waals surface area (Å²) in [6.45, 7) is 1.91. The normalized spacial score (nSPS) is 11.2. The summed E-state index contributed by atoms with van der Waals surface area (Å²) < 4.78 is 7.32. The Morgan fingerprint density at radius 2 is 1.83 bits per heavy atom. The lowest BCUT2D eigenvalue weighted by Gasteiger charge is -2.07. The van der Waals surface area contributed by atoms with Gasteiger partial charge in [0, 0.05) is 17.1 Å². The van der Waals surface area contributed by atoms with Gasteiger partial charge in [0.2, 0.25) is 0 Å². The Balaban J connectivity index is 1.56. The fourth-order valence-corrected chi connectivity index (χ4v) is 3.37. The van der Waals surface area contributed by atoms with Gasteiger partial charge in [0.25, 0.3) is 5.56 Å². The van der Waals surface area contributed by atoms with Gasteiger partial charge in [0.05, 0.1) is 17.4 Å². The van der Waals surface area contributed by atoms with Gasteiger partial charge in [-0.2, -0.15) is 5.10 Å². The van der Waals surface area contributed by atoms with Gasteiger partial charge in [0.1, 0.15) is 34.0 Å². The summed E-state index contributed by atoms with van der Waals surface area (Å²) in [7, 11) is 0. The molecule has 0 radical (unpaired) electrons. The van der Waals surface area contributed by atoms with E-state index in [2.05, 4.69) is 15.1 Å². The third kappa shape index (κ3) is 2.91. The number of anilines is 1. The molecule has 5 rings (SSSR count). The minimum atomic E-state index is -0.362. The number of benzene rings is 2. The highest BCUT2D eigenvalue weighted by Gasteiger charge is 2.16. The van der Waals surface area contributed by atoms with Crippen LogP contribution in [0, 0.1) is 6.92 Å². The van der Waals surface area contributed by atoms with Gasteiger partial charge >= 0.3 is 0 Å². The number of nitrogens with two attached hydrogens (primary N) is 1. The number of ether oxygens (including phenoxy) is 1. The maximum atomic E-state index is 12.6. The van der Waals surface area contributed by atoms with Crippen molar-refractivity contribution in [3.8, 4) is 22.9 Å². The van der Waals surface area contributed by atoms with Crippen LogP contribution in [0.25, 0.3) is 27.5 Å². The topological polar surface area (TPSA) is 119 Å². The summed E-state index contributed by atoms with van der Waals surface area (Å²) in [5.74, 6) is 1.57. The van der Waals surface area contributed by atoms with Crippen molar-refractivity contribution in [2.75, 3.05) is 5.73 Å². The van der Waals surface area contributed by atoms with Gasteiger partial charge in [-0.3, -0.25) is 9.78 Å². The van der Waals surface area contributed by atoms with Crippen LogP contribution < -0.4 is 16.0 Å². The predicted octanol–water partition coefficient (Wildman–Crippen LogP) is 3.65. The average molecular weight is 399 g/mol. The molecule has 4 N–H and O–H groups in total. The number of aromatic hydroxyl groups is 1. The molecule has 2 aromatic carbocycles. The van der Waals surface area contributed by atoms with E-state index in [0.29, 0.717) is 39.0 Å². The summed E-state index contributed by atoms with van der Waals surface area (Å²) in [6.07, 6.45) is 1.66. The largest absolute Gasteiger partial charge is 0.508 e. The number of nitrogens with zero attached hydrogens (tertiary/aromatic N) is 3. The minimum absolute atomic E-state index is 0.0595. The summed E-state index contributed by atoms with van der Waals surface area (Å²) in [4.78, 5) is 19.5. The molecule has 5 aromatic rings. The smallest absolute Gasteiger partial charge is 0.261 e. The molecule has 0 aliphatic rings. The highest BCUT2D eigenvalue weighted by Crippen LogP contribution is 2.29. The number of aromatic amines is 1. The highest BCUT2D eigenvalue weighted by atomic mass is 16.5. The Labute approximate surface area is 170 Å². The van der Waals surface area contributed by atoms with Gasteiger partial charge < -0.3 is 20.6 Å². The molecular weight excluding hydrogens is 382 g/mol. The van der Waals surface area contributed by atoms with Crippen LogP contribution in [0.1, 0.15) is 5.69 Å². The number of aromatic nitrogens is 4. The first-order chi connectivity index (χ1) is 14.5. The summed E-state index contributed by atoms with van der Waals surface area (Å²) in [5, 5.41) is 15.3. The number of rotatable bonds is 3. The Hall–Kier alpha value is -4.33. The number of hydrogen-bond acceptors (Lipinski definition) is 6. The number of fused-ring (bicyclic) bond motifs is 3. The zero-order valence-corrected chi connectivity index (χ0v) is 16.0. The number of nitrogen functional groups attached to an aromatic ring is 1. The predicted molar refractivity (Wildman–Crippen MR) is 114 cm³/mol. The van der Waals surface area contributed by atoms with Crippen LogP contribution in [0.2, 0.25) is 0 Å². The lowest BCUT2D eigenvalue weighted by molar-refractivity contribution is 0.476. The summed E-state index contributed by atoms with van der Waals surface area (Å²) in [6, 6.07) is 15.7. The number of aryl methyl sites for hydroxylation is 1. The fourth-order valence-electron chi connectivity index (χ4n) is 3.37. The second kappa shape index (κ2) is 6.63. The zero-order chi connectivity index (χ0) is 20.8. The van der Waals surface area contributed by atoms with Crippen molar-refractivity contribution < 1.29 is 9.84 Å². The molecule has 3 aromatic heterocycles. The van der Waals surface area contributed by atoms with Gasteiger partial charge in [0.15, 0.2) is 0 Å². The van der Waals surface area contributed by atoms with Gasteiger partial charge in [-0.05, 0) is 55.5 Å².